The predicted octanol–water partition coefficient (Wildman–Crippen LogP) is 1.92. The number of nitrogens with one attached hydrogen (secondary N) is 1. The molecular formula is C12H24N2OS. The van der Waals surface area contributed by atoms with E-state index in [4.69, 9.17) is 10.6 Å². The van der Waals surface area contributed by atoms with Gasteiger partial charge in [0.05, 0.1) is 12.7 Å². The first kappa shape index (κ1) is 12.7. The summed E-state index contributed by atoms with van der Waals surface area (Å²) in [6, 6.07) is 0.357. The third kappa shape index (κ3) is 3.62. The van der Waals surface area contributed by atoms with E-state index in [1.54, 1.807) is 0 Å². The molecule has 0 bridgehead atoms. The van der Waals surface area contributed by atoms with Crippen LogP contribution in [0.2, 0.25) is 0 Å². The number of nitrogens with two attached hydrogens (primary N) is 1. The second kappa shape index (κ2) is 6.84. The largest absolute Gasteiger partial charge is 0.375 e. The van der Waals surface area contributed by atoms with Crippen molar-refractivity contribution in [3.05, 3.63) is 0 Å². The second-order valence-electron chi connectivity index (χ2n) is 5.00. The summed E-state index contributed by atoms with van der Waals surface area (Å²) in [5, 5.41) is 0. The van der Waals surface area contributed by atoms with Crippen LogP contribution in [0.25, 0.3) is 0 Å². The number of rotatable bonds is 4. The van der Waals surface area contributed by atoms with Gasteiger partial charge in [0.1, 0.15) is 0 Å². The topological polar surface area (TPSA) is 47.3 Å². The zero-order valence-electron chi connectivity index (χ0n) is 9.99. The molecule has 1 heterocycles. The number of hydrazine groups is 1. The van der Waals surface area contributed by atoms with Gasteiger partial charge >= 0.3 is 0 Å². The van der Waals surface area contributed by atoms with E-state index in [-0.39, 0.29) is 0 Å². The molecule has 2 atom stereocenters. The van der Waals surface area contributed by atoms with Crippen LogP contribution in [0.3, 0.4) is 0 Å². The van der Waals surface area contributed by atoms with E-state index < -0.39 is 0 Å². The van der Waals surface area contributed by atoms with Gasteiger partial charge in [-0.05, 0) is 12.3 Å². The second-order valence-corrected chi connectivity index (χ2v) is 6.15. The number of thioether (sulfide) groups is 1. The van der Waals surface area contributed by atoms with Crippen molar-refractivity contribution in [2.75, 3.05) is 18.1 Å². The van der Waals surface area contributed by atoms with Gasteiger partial charge in [0.2, 0.25) is 0 Å². The normalized spacial score (nSPS) is 30.2. The Morgan fingerprint density at radius 2 is 2.12 bits per heavy atom. The lowest BCUT2D eigenvalue weighted by atomic mass is 9.84. The lowest BCUT2D eigenvalue weighted by molar-refractivity contribution is 0.0382. The molecule has 2 aliphatic rings. The fourth-order valence-electron chi connectivity index (χ4n) is 2.85. The molecule has 94 valence electrons. The highest BCUT2D eigenvalue weighted by atomic mass is 32.2. The van der Waals surface area contributed by atoms with Gasteiger partial charge in [-0.2, -0.15) is 11.8 Å². The minimum absolute atomic E-state index is 0.325. The van der Waals surface area contributed by atoms with E-state index in [0.717, 1.165) is 24.0 Å². The first-order valence-electron chi connectivity index (χ1n) is 6.55. The summed E-state index contributed by atoms with van der Waals surface area (Å²) in [5.41, 5.74) is 2.98. The Hall–Kier alpha value is 0.230. The highest BCUT2D eigenvalue weighted by molar-refractivity contribution is 7.99. The number of ether oxygens (including phenoxy) is 1. The Kier molecular flexibility index (Phi) is 5.42. The van der Waals surface area contributed by atoms with Gasteiger partial charge < -0.3 is 4.74 Å². The standard InChI is InChI=1S/C12H24N2OS/c13-14-11(12-9-16-7-6-15-12)8-10-4-2-1-3-5-10/h10-12,14H,1-9,13H2. The molecule has 0 aromatic rings. The average molecular weight is 244 g/mol. The molecule has 3 N–H and O–H groups in total. The van der Waals surface area contributed by atoms with Gasteiger partial charge in [0, 0.05) is 17.5 Å². The fourth-order valence-corrected chi connectivity index (χ4v) is 3.79. The van der Waals surface area contributed by atoms with E-state index >= 15 is 0 Å². The molecule has 3 nitrogen and oxygen atoms in total. The molecule has 2 fully saturated rings. The molecule has 2 rings (SSSR count). The third-order valence-electron chi connectivity index (χ3n) is 3.82. The third-order valence-corrected chi connectivity index (χ3v) is 4.84. The molecular weight excluding hydrogens is 220 g/mol. The van der Waals surface area contributed by atoms with Crippen molar-refractivity contribution in [3.63, 3.8) is 0 Å². The van der Waals surface area contributed by atoms with Crippen molar-refractivity contribution in [2.24, 2.45) is 11.8 Å². The minimum atomic E-state index is 0.325. The quantitative estimate of drug-likeness (QED) is 0.586. The van der Waals surface area contributed by atoms with Crippen molar-refractivity contribution in [1.29, 1.82) is 0 Å². The van der Waals surface area contributed by atoms with Crippen molar-refractivity contribution in [2.45, 2.75) is 50.7 Å². The lowest BCUT2D eigenvalue weighted by Crippen LogP contribution is -2.49. The smallest absolute Gasteiger partial charge is 0.0832 e. The van der Waals surface area contributed by atoms with E-state index in [1.165, 1.54) is 38.5 Å². The maximum absolute atomic E-state index is 5.81. The van der Waals surface area contributed by atoms with E-state index in [9.17, 15) is 0 Å². The van der Waals surface area contributed by atoms with Gasteiger partial charge in [-0.1, -0.05) is 32.1 Å². The summed E-state index contributed by atoms with van der Waals surface area (Å²) >= 11 is 1.99. The van der Waals surface area contributed by atoms with E-state index in [0.29, 0.717) is 12.1 Å². The van der Waals surface area contributed by atoms with Crippen LogP contribution < -0.4 is 11.3 Å². The molecule has 1 saturated carbocycles. The Morgan fingerprint density at radius 3 is 2.75 bits per heavy atom. The van der Waals surface area contributed by atoms with Crippen LogP contribution in [0.15, 0.2) is 0 Å². The zero-order chi connectivity index (χ0) is 11.2. The zero-order valence-corrected chi connectivity index (χ0v) is 10.8. The molecule has 1 saturated heterocycles. The SMILES string of the molecule is NNC(CC1CCCCC1)C1CSCCO1. The van der Waals surface area contributed by atoms with Crippen LogP contribution >= 0.6 is 11.8 Å². The molecule has 1 aliphatic heterocycles. The van der Waals surface area contributed by atoms with E-state index in [1.807, 2.05) is 11.8 Å². The monoisotopic (exact) mass is 244 g/mol. The Bertz CT molecular complexity index is 191. The van der Waals surface area contributed by atoms with Gasteiger partial charge in [-0.3, -0.25) is 11.3 Å². The molecule has 0 radical (unpaired) electrons. The van der Waals surface area contributed by atoms with Gasteiger partial charge in [0.15, 0.2) is 0 Å². The first-order chi connectivity index (χ1) is 7.90. The summed E-state index contributed by atoms with van der Waals surface area (Å²) in [4.78, 5) is 0. The van der Waals surface area contributed by atoms with Crippen LogP contribution in [0.4, 0.5) is 0 Å². The van der Waals surface area contributed by atoms with Crippen molar-refractivity contribution in [3.8, 4) is 0 Å². The molecule has 16 heavy (non-hydrogen) atoms. The Balaban J connectivity index is 1.78. The fraction of sp³-hybridized carbons (Fsp3) is 1.00. The van der Waals surface area contributed by atoms with Gasteiger partial charge in [-0.25, -0.2) is 0 Å². The molecule has 2 unspecified atom stereocenters. The maximum Gasteiger partial charge on any atom is 0.0832 e. The summed E-state index contributed by atoms with van der Waals surface area (Å²) in [6.07, 6.45) is 8.53. The minimum Gasteiger partial charge on any atom is -0.375 e. The maximum atomic E-state index is 5.81. The highest BCUT2D eigenvalue weighted by Gasteiger charge is 2.27. The number of hydrogen-bond donors (Lipinski definition) is 2. The van der Waals surface area contributed by atoms with Crippen LogP contribution in [0, 0.1) is 5.92 Å². The van der Waals surface area contributed by atoms with Crippen molar-refractivity contribution >= 4 is 11.8 Å². The van der Waals surface area contributed by atoms with Crippen molar-refractivity contribution in [1.82, 2.24) is 5.43 Å². The lowest BCUT2D eigenvalue weighted by Gasteiger charge is -2.33. The predicted molar refractivity (Wildman–Crippen MR) is 69.4 cm³/mol. The van der Waals surface area contributed by atoms with Crippen LogP contribution in [0.1, 0.15) is 38.5 Å². The summed E-state index contributed by atoms with van der Waals surface area (Å²) < 4.78 is 5.81. The Labute approximate surface area is 103 Å². The Morgan fingerprint density at radius 1 is 1.31 bits per heavy atom. The molecule has 1 aliphatic carbocycles. The summed E-state index contributed by atoms with van der Waals surface area (Å²) in [5.74, 6) is 8.78. The van der Waals surface area contributed by atoms with Crippen LogP contribution in [0.5, 0.6) is 0 Å². The van der Waals surface area contributed by atoms with E-state index in [2.05, 4.69) is 5.43 Å². The van der Waals surface area contributed by atoms with Crippen LogP contribution in [-0.2, 0) is 4.74 Å². The molecule has 0 amide bonds. The first-order valence-corrected chi connectivity index (χ1v) is 7.71. The molecule has 0 aromatic carbocycles. The number of hydrogen-bond acceptors (Lipinski definition) is 4. The highest BCUT2D eigenvalue weighted by Crippen LogP contribution is 2.29. The van der Waals surface area contributed by atoms with Crippen LogP contribution in [-0.4, -0.2) is 30.3 Å². The van der Waals surface area contributed by atoms with Crippen molar-refractivity contribution < 1.29 is 4.74 Å². The molecule has 4 heteroatoms. The van der Waals surface area contributed by atoms with Gasteiger partial charge in [0.25, 0.3) is 0 Å². The average Bonchev–Trinajstić information content (AvgIpc) is 2.38. The molecule has 0 aromatic heterocycles. The molecule has 0 spiro atoms. The summed E-state index contributed by atoms with van der Waals surface area (Å²) in [7, 11) is 0. The van der Waals surface area contributed by atoms with Gasteiger partial charge in [-0.15, -0.1) is 0 Å². The summed E-state index contributed by atoms with van der Waals surface area (Å²) in [6.45, 7) is 0.887.